The first-order valence-electron chi connectivity index (χ1n) is 13.2. The second-order valence-electron chi connectivity index (χ2n) is 10.0. The first-order chi connectivity index (χ1) is 19.7. The minimum atomic E-state index is -0.193. The van der Waals surface area contributed by atoms with Gasteiger partial charge in [-0.25, -0.2) is 0 Å². The van der Waals surface area contributed by atoms with E-state index in [9.17, 15) is 0 Å². The normalized spacial score (nSPS) is 12.9. The van der Waals surface area contributed by atoms with E-state index in [-0.39, 0.29) is 6.17 Å². The summed E-state index contributed by atoms with van der Waals surface area (Å²) >= 11 is 5.49. The Labute approximate surface area is 243 Å². The van der Waals surface area contributed by atoms with E-state index in [4.69, 9.17) is 9.98 Å². The summed E-state index contributed by atoms with van der Waals surface area (Å²) in [6.45, 7) is 0. The summed E-state index contributed by atoms with van der Waals surface area (Å²) in [6.07, 6.45) is -0.193. The van der Waals surface area contributed by atoms with Gasteiger partial charge in [0.15, 0.2) is 6.17 Å². The SMILES string of the molecule is Brc1ccc2sc3cc4cc(N(c5ccccc5)c5ccc(C6N=c7ccccc7=N6)cc5)ccc4cc3c2c1. The summed E-state index contributed by atoms with van der Waals surface area (Å²) < 4.78 is 3.72. The molecule has 1 aromatic heterocycles. The van der Waals surface area contributed by atoms with Crippen LogP contribution in [0.15, 0.2) is 142 Å². The van der Waals surface area contributed by atoms with Crippen LogP contribution in [0.2, 0.25) is 0 Å². The van der Waals surface area contributed by atoms with E-state index < -0.39 is 0 Å². The van der Waals surface area contributed by atoms with Gasteiger partial charge in [-0.2, -0.15) is 0 Å². The maximum Gasteiger partial charge on any atom is 0.166 e. The van der Waals surface area contributed by atoms with Crippen molar-refractivity contribution in [2.75, 3.05) is 4.90 Å². The molecule has 190 valence electrons. The van der Waals surface area contributed by atoms with Crippen LogP contribution in [0.5, 0.6) is 0 Å². The van der Waals surface area contributed by atoms with Crippen molar-refractivity contribution >= 4 is 75.3 Å². The van der Waals surface area contributed by atoms with E-state index in [2.05, 4.69) is 124 Å². The second kappa shape index (κ2) is 9.40. The zero-order chi connectivity index (χ0) is 26.6. The quantitative estimate of drug-likeness (QED) is 0.199. The molecule has 0 bridgehead atoms. The molecule has 2 heterocycles. The second-order valence-corrected chi connectivity index (χ2v) is 12.0. The highest BCUT2D eigenvalue weighted by molar-refractivity contribution is 9.10. The van der Waals surface area contributed by atoms with Crippen molar-refractivity contribution < 1.29 is 0 Å². The Morgan fingerprint density at radius 1 is 0.550 bits per heavy atom. The molecule has 0 atom stereocenters. The molecule has 0 amide bonds. The molecule has 0 aliphatic carbocycles. The van der Waals surface area contributed by atoms with Crippen LogP contribution in [0.25, 0.3) is 30.9 Å². The first kappa shape index (κ1) is 23.6. The van der Waals surface area contributed by atoms with Crippen molar-refractivity contribution in [3.05, 3.63) is 148 Å². The molecule has 5 heteroatoms. The average Bonchev–Trinajstić information content (AvgIpc) is 3.58. The minimum absolute atomic E-state index is 0.193. The van der Waals surface area contributed by atoms with Crippen LogP contribution in [0.1, 0.15) is 11.7 Å². The molecule has 7 aromatic rings. The van der Waals surface area contributed by atoms with E-state index >= 15 is 0 Å². The topological polar surface area (TPSA) is 28.0 Å². The van der Waals surface area contributed by atoms with Crippen LogP contribution in [0.4, 0.5) is 17.1 Å². The van der Waals surface area contributed by atoms with Gasteiger partial charge in [0.25, 0.3) is 0 Å². The molecule has 0 spiro atoms. The molecule has 0 fully saturated rings. The molecule has 3 nitrogen and oxygen atoms in total. The van der Waals surface area contributed by atoms with Gasteiger partial charge in [0.1, 0.15) is 0 Å². The van der Waals surface area contributed by atoms with Crippen LogP contribution in [0, 0.1) is 0 Å². The fourth-order valence-electron chi connectivity index (χ4n) is 5.56. The van der Waals surface area contributed by atoms with E-state index in [1.54, 1.807) is 0 Å². The first-order valence-corrected chi connectivity index (χ1v) is 14.8. The Morgan fingerprint density at radius 3 is 2.00 bits per heavy atom. The predicted molar refractivity (Wildman–Crippen MR) is 171 cm³/mol. The van der Waals surface area contributed by atoms with Gasteiger partial charge in [0.05, 0.1) is 10.7 Å². The fraction of sp³-hybridized carbons (Fsp3) is 0.0286. The molecule has 0 N–H and O–H groups in total. The number of halogens is 1. The third kappa shape index (κ3) is 4.01. The van der Waals surface area contributed by atoms with Gasteiger partial charge in [-0.15, -0.1) is 11.3 Å². The minimum Gasteiger partial charge on any atom is -0.310 e. The van der Waals surface area contributed by atoms with Gasteiger partial charge in [-0.3, -0.25) is 9.98 Å². The van der Waals surface area contributed by atoms with Gasteiger partial charge in [-0.05, 0) is 95.2 Å². The number of para-hydroxylation sites is 3. The maximum atomic E-state index is 4.81. The molecule has 0 saturated carbocycles. The molecule has 0 saturated heterocycles. The number of hydrogen-bond acceptors (Lipinski definition) is 4. The molecule has 0 radical (unpaired) electrons. The Balaban J connectivity index is 1.22. The zero-order valence-corrected chi connectivity index (χ0v) is 23.7. The number of rotatable bonds is 4. The van der Waals surface area contributed by atoms with Gasteiger partial charge in [0.2, 0.25) is 0 Å². The summed E-state index contributed by atoms with van der Waals surface area (Å²) in [5.41, 5.74) is 4.42. The van der Waals surface area contributed by atoms with Gasteiger partial charge in [0, 0.05) is 41.7 Å². The predicted octanol–water partition coefficient (Wildman–Crippen LogP) is 9.39. The number of benzene rings is 6. The van der Waals surface area contributed by atoms with E-state index in [0.29, 0.717) is 0 Å². The lowest BCUT2D eigenvalue weighted by Gasteiger charge is -2.26. The van der Waals surface area contributed by atoms with Crippen molar-refractivity contribution in [3.8, 4) is 0 Å². The van der Waals surface area contributed by atoms with Gasteiger partial charge >= 0.3 is 0 Å². The van der Waals surface area contributed by atoms with Crippen LogP contribution >= 0.6 is 27.3 Å². The lowest BCUT2D eigenvalue weighted by Crippen LogP contribution is -2.19. The van der Waals surface area contributed by atoms with Gasteiger partial charge in [-0.1, -0.05) is 64.5 Å². The molecule has 8 rings (SSSR count). The summed E-state index contributed by atoms with van der Waals surface area (Å²) in [7, 11) is 0. The van der Waals surface area contributed by atoms with Crippen molar-refractivity contribution in [2.45, 2.75) is 6.17 Å². The monoisotopic (exact) mass is 595 g/mol. The van der Waals surface area contributed by atoms with Crippen LogP contribution in [-0.4, -0.2) is 0 Å². The number of nitrogens with zero attached hydrogens (tertiary/aromatic N) is 3. The molecule has 1 aliphatic rings. The number of anilines is 3. The summed E-state index contributed by atoms with van der Waals surface area (Å²) in [5.74, 6) is 0. The van der Waals surface area contributed by atoms with E-state index in [1.807, 2.05) is 35.6 Å². The van der Waals surface area contributed by atoms with E-state index in [1.165, 1.54) is 30.9 Å². The number of fused-ring (bicyclic) bond motifs is 5. The Hall–Kier alpha value is -4.32. The third-order valence-corrected chi connectivity index (χ3v) is 9.13. The maximum absolute atomic E-state index is 4.81. The lowest BCUT2D eigenvalue weighted by molar-refractivity contribution is 0.771. The Bertz CT molecular complexity index is 2150. The average molecular weight is 597 g/mol. The van der Waals surface area contributed by atoms with Crippen LogP contribution in [-0.2, 0) is 0 Å². The number of hydrogen-bond donors (Lipinski definition) is 0. The summed E-state index contributed by atoms with van der Waals surface area (Å²) in [5, 5.41) is 6.99. The fourth-order valence-corrected chi connectivity index (χ4v) is 7.04. The molecular formula is C35H22BrN3S. The third-order valence-electron chi connectivity index (χ3n) is 7.50. The molecular weight excluding hydrogens is 574 g/mol. The molecule has 0 unspecified atom stereocenters. The lowest BCUT2D eigenvalue weighted by atomic mass is 10.0. The smallest absolute Gasteiger partial charge is 0.166 e. The summed E-state index contributed by atoms with van der Waals surface area (Å²) in [4.78, 5) is 11.9. The van der Waals surface area contributed by atoms with E-state index in [0.717, 1.165) is 37.8 Å². The molecule has 40 heavy (non-hydrogen) atoms. The van der Waals surface area contributed by atoms with Crippen molar-refractivity contribution in [3.63, 3.8) is 0 Å². The Kier molecular flexibility index (Phi) is 5.54. The van der Waals surface area contributed by atoms with Crippen molar-refractivity contribution in [2.24, 2.45) is 9.98 Å². The molecule has 6 aromatic carbocycles. The highest BCUT2D eigenvalue weighted by atomic mass is 79.9. The zero-order valence-electron chi connectivity index (χ0n) is 21.3. The standard InChI is InChI=1S/C35H22BrN3S/c36-25-13-17-33-30(21-25)29-19-23-12-16-28(18-24(23)20-34(29)40-33)39(26-6-2-1-3-7-26)27-14-10-22(11-15-27)35-37-31-8-4-5-9-32(31)38-35/h1-21,35H. The number of thiophene rings is 1. The largest absolute Gasteiger partial charge is 0.310 e. The van der Waals surface area contributed by atoms with Crippen LogP contribution < -0.4 is 15.6 Å². The summed E-state index contributed by atoms with van der Waals surface area (Å²) in [6, 6.07) is 45.2. The van der Waals surface area contributed by atoms with Crippen molar-refractivity contribution in [1.82, 2.24) is 0 Å². The van der Waals surface area contributed by atoms with Crippen LogP contribution in [0.3, 0.4) is 0 Å². The Morgan fingerprint density at radius 2 is 1.23 bits per heavy atom. The molecule has 1 aliphatic heterocycles. The highest BCUT2D eigenvalue weighted by Gasteiger charge is 2.17. The highest BCUT2D eigenvalue weighted by Crippen LogP contribution is 2.40. The van der Waals surface area contributed by atoms with Crippen molar-refractivity contribution in [1.29, 1.82) is 0 Å². The van der Waals surface area contributed by atoms with Gasteiger partial charge < -0.3 is 4.90 Å².